The maximum Gasteiger partial charge on any atom is 0.328 e. The van der Waals surface area contributed by atoms with Crippen molar-refractivity contribution in [2.45, 2.75) is 39.3 Å². The van der Waals surface area contributed by atoms with Crippen LogP contribution < -0.4 is 10.7 Å². The summed E-state index contributed by atoms with van der Waals surface area (Å²) in [4.78, 5) is 37.6. The lowest BCUT2D eigenvalue weighted by molar-refractivity contribution is -0.156. The minimum atomic E-state index is -0.827. The maximum atomic E-state index is 11.8. The quantitative estimate of drug-likeness (QED) is 0.793. The molecule has 1 atom stereocenters. The van der Waals surface area contributed by atoms with Gasteiger partial charge in [-0.15, -0.1) is 0 Å². The molecular weight excluding hydrogens is 248 g/mol. The second-order valence-electron chi connectivity index (χ2n) is 5.15. The number of amides is 1. The number of carbonyl (C=O) groups excluding carboxylic acids is 2. The number of ether oxygens (including phenoxy) is 1. The molecule has 0 bridgehead atoms. The van der Waals surface area contributed by atoms with Gasteiger partial charge in [-0.1, -0.05) is 0 Å². The van der Waals surface area contributed by atoms with Crippen molar-refractivity contribution >= 4 is 11.9 Å². The third kappa shape index (κ3) is 4.57. The maximum absolute atomic E-state index is 11.8. The highest BCUT2D eigenvalue weighted by Crippen LogP contribution is 2.08. The van der Waals surface area contributed by atoms with Gasteiger partial charge in [-0.05, 0) is 27.7 Å². The summed E-state index contributed by atoms with van der Waals surface area (Å²) in [6.07, 6.45) is 2.72. The molecule has 0 unspecified atom stereocenters. The van der Waals surface area contributed by atoms with Crippen LogP contribution in [0.3, 0.4) is 0 Å². The molecule has 2 N–H and O–H groups in total. The Morgan fingerprint density at radius 2 is 2.00 bits per heavy atom. The van der Waals surface area contributed by atoms with Gasteiger partial charge >= 0.3 is 5.97 Å². The van der Waals surface area contributed by atoms with E-state index in [1.807, 2.05) is 0 Å². The van der Waals surface area contributed by atoms with Gasteiger partial charge in [0, 0.05) is 18.5 Å². The van der Waals surface area contributed by atoms with E-state index in [0.29, 0.717) is 0 Å². The third-order valence-corrected chi connectivity index (χ3v) is 2.18. The Kier molecular flexibility index (Phi) is 4.47. The molecule has 6 nitrogen and oxygen atoms in total. The zero-order valence-corrected chi connectivity index (χ0v) is 11.4. The normalized spacial score (nSPS) is 12.6. The number of carbonyl (C=O) groups is 2. The predicted octanol–water partition coefficient (Wildman–Crippen LogP) is 0.835. The van der Waals surface area contributed by atoms with E-state index < -0.39 is 28.9 Å². The van der Waals surface area contributed by atoms with Crippen molar-refractivity contribution in [3.8, 4) is 0 Å². The Balaban J connectivity index is 2.70. The van der Waals surface area contributed by atoms with Crippen molar-refractivity contribution in [2.24, 2.45) is 0 Å². The summed E-state index contributed by atoms with van der Waals surface area (Å²) < 4.78 is 5.13. The van der Waals surface area contributed by atoms with Crippen molar-refractivity contribution in [3.05, 3.63) is 34.2 Å². The van der Waals surface area contributed by atoms with Crippen molar-refractivity contribution in [1.82, 2.24) is 10.3 Å². The fourth-order valence-electron chi connectivity index (χ4n) is 1.32. The Morgan fingerprint density at radius 1 is 1.37 bits per heavy atom. The number of aromatic amines is 1. The van der Waals surface area contributed by atoms with E-state index in [1.54, 1.807) is 20.8 Å². The van der Waals surface area contributed by atoms with Crippen LogP contribution in [0.1, 0.15) is 38.1 Å². The predicted molar refractivity (Wildman–Crippen MR) is 69.8 cm³/mol. The second kappa shape index (κ2) is 5.69. The molecule has 19 heavy (non-hydrogen) atoms. The van der Waals surface area contributed by atoms with Crippen LogP contribution in [0.4, 0.5) is 0 Å². The average Bonchev–Trinajstić information content (AvgIpc) is 2.27. The highest BCUT2D eigenvalue weighted by Gasteiger charge is 2.23. The molecule has 0 aliphatic carbocycles. The number of hydrogen-bond donors (Lipinski definition) is 2. The summed E-state index contributed by atoms with van der Waals surface area (Å²) in [6.45, 7) is 6.72. The van der Waals surface area contributed by atoms with Gasteiger partial charge in [-0.3, -0.25) is 9.59 Å². The molecule has 1 aromatic heterocycles. The molecule has 0 spiro atoms. The first-order valence-corrected chi connectivity index (χ1v) is 5.91. The Hall–Kier alpha value is -2.11. The van der Waals surface area contributed by atoms with Gasteiger partial charge in [0.05, 0.1) is 0 Å². The lowest BCUT2D eigenvalue weighted by atomic mass is 10.2. The van der Waals surface area contributed by atoms with Crippen LogP contribution in [0.2, 0.25) is 0 Å². The lowest BCUT2D eigenvalue weighted by Crippen LogP contribution is -2.43. The summed E-state index contributed by atoms with van der Waals surface area (Å²) in [6, 6.07) is 0.416. The van der Waals surface area contributed by atoms with E-state index >= 15 is 0 Å². The fourth-order valence-corrected chi connectivity index (χ4v) is 1.32. The first kappa shape index (κ1) is 14.9. The van der Waals surface area contributed by atoms with Crippen molar-refractivity contribution in [3.63, 3.8) is 0 Å². The molecule has 1 aromatic rings. The topological polar surface area (TPSA) is 88.3 Å². The summed E-state index contributed by atoms with van der Waals surface area (Å²) >= 11 is 0. The van der Waals surface area contributed by atoms with Gasteiger partial charge < -0.3 is 15.0 Å². The Morgan fingerprint density at radius 3 is 2.53 bits per heavy atom. The summed E-state index contributed by atoms with van der Waals surface area (Å²) in [5.74, 6) is -1.16. The van der Waals surface area contributed by atoms with Gasteiger partial charge in [0.2, 0.25) is 0 Å². The summed E-state index contributed by atoms with van der Waals surface area (Å²) in [7, 11) is 0. The van der Waals surface area contributed by atoms with Gasteiger partial charge in [-0.25, -0.2) is 4.79 Å². The van der Waals surface area contributed by atoms with Crippen LogP contribution in [0.15, 0.2) is 23.3 Å². The molecule has 0 aliphatic heterocycles. The monoisotopic (exact) mass is 266 g/mol. The standard InChI is InChI=1S/C13H18N2O4/c1-8(12(18)19-13(2,3)4)15-11(17)9-7-14-6-5-10(9)16/h5-8H,1-4H3,(H,14,16)(H,15,17)/t8-/m1/s1. The van der Waals surface area contributed by atoms with Gasteiger partial charge in [0.15, 0.2) is 5.43 Å². The number of esters is 1. The molecule has 0 fully saturated rings. The molecule has 1 amide bonds. The summed E-state index contributed by atoms with van der Waals surface area (Å²) in [5, 5.41) is 2.43. The Labute approximate surface area is 111 Å². The number of pyridine rings is 1. The van der Waals surface area contributed by atoms with Crippen molar-refractivity contribution in [2.75, 3.05) is 0 Å². The van der Waals surface area contributed by atoms with Gasteiger partial charge in [0.1, 0.15) is 17.2 Å². The van der Waals surface area contributed by atoms with Crippen LogP contribution in [0, 0.1) is 0 Å². The number of nitrogens with one attached hydrogen (secondary N) is 2. The minimum Gasteiger partial charge on any atom is -0.458 e. The van der Waals surface area contributed by atoms with Gasteiger partial charge in [0.25, 0.3) is 5.91 Å². The fraction of sp³-hybridized carbons (Fsp3) is 0.462. The van der Waals surface area contributed by atoms with Crippen LogP contribution in [-0.4, -0.2) is 28.5 Å². The molecule has 1 rings (SSSR count). The largest absolute Gasteiger partial charge is 0.458 e. The summed E-state index contributed by atoms with van der Waals surface area (Å²) in [5.41, 5.74) is -1.08. The van der Waals surface area contributed by atoms with Gasteiger partial charge in [-0.2, -0.15) is 0 Å². The Bertz CT molecular complexity index is 528. The molecule has 0 radical (unpaired) electrons. The minimum absolute atomic E-state index is 0.0436. The van der Waals surface area contributed by atoms with Crippen LogP contribution in [0.5, 0.6) is 0 Å². The van der Waals surface area contributed by atoms with Crippen LogP contribution >= 0.6 is 0 Å². The second-order valence-corrected chi connectivity index (χ2v) is 5.15. The molecule has 0 aromatic carbocycles. The van der Waals surface area contributed by atoms with E-state index in [0.717, 1.165) is 0 Å². The molecular formula is C13H18N2O4. The van der Waals surface area contributed by atoms with Crippen LogP contribution in [-0.2, 0) is 9.53 Å². The lowest BCUT2D eigenvalue weighted by Gasteiger charge is -2.22. The van der Waals surface area contributed by atoms with E-state index in [9.17, 15) is 14.4 Å². The third-order valence-electron chi connectivity index (χ3n) is 2.18. The molecule has 1 heterocycles. The van der Waals surface area contributed by atoms with Crippen LogP contribution in [0.25, 0.3) is 0 Å². The first-order valence-electron chi connectivity index (χ1n) is 5.91. The number of rotatable bonds is 3. The van der Waals surface area contributed by atoms with E-state index in [2.05, 4.69) is 10.3 Å². The van der Waals surface area contributed by atoms with E-state index in [4.69, 9.17) is 4.74 Å². The molecule has 0 saturated heterocycles. The number of H-pyrrole nitrogens is 1. The zero-order chi connectivity index (χ0) is 14.6. The van der Waals surface area contributed by atoms with Crippen molar-refractivity contribution in [1.29, 1.82) is 0 Å². The highest BCUT2D eigenvalue weighted by atomic mass is 16.6. The molecule has 6 heteroatoms. The average molecular weight is 266 g/mol. The smallest absolute Gasteiger partial charge is 0.328 e. The highest BCUT2D eigenvalue weighted by molar-refractivity contribution is 5.96. The molecule has 0 saturated carbocycles. The van der Waals surface area contributed by atoms with E-state index in [1.165, 1.54) is 25.4 Å². The molecule has 0 aliphatic rings. The van der Waals surface area contributed by atoms with Crippen molar-refractivity contribution < 1.29 is 14.3 Å². The number of hydrogen-bond acceptors (Lipinski definition) is 4. The zero-order valence-electron chi connectivity index (χ0n) is 11.4. The first-order chi connectivity index (χ1) is 8.70. The SMILES string of the molecule is C[C@@H](NC(=O)c1c[nH]ccc1=O)C(=O)OC(C)(C)C. The van der Waals surface area contributed by atoms with E-state index in [-0.39, 0.29) is 5.56 Å². The number of aromatic nitrogens is 1. The molecule has 104 valence electrons.